The minimum absolute atomic E-state index is 0.232. The van der Waals surface area contributed by atoms with Crippen LogP contribution in [0.1, 0.15) is 17.4 Å². The molecule has 1 atom stereocenters. The van der Waals surface area contributed by atoms with E-state index in [1.165, 1.54) is 4.80 Å². The third-order valence-corrected chi connectivity index (χ3v) is 2.88. The lowest BCUT2D eigenvalue weighted by Gasteiger charge is -2.11. The first-order valence-corrected chi connectivity index (χ1v) is 5.92. The summed E-state index contributed by atoms with van der Waals surface area (Å²) in [6.45, 7) is 0. The minimum atomic E-state index is -0.232. The first kappa shape index (κ1) is 11.7. The van der Waals surface area contributed by atoms with Crippen LogP contribution in [0.15, 0.2) is 30.6 Å². The predicted molar refractivity (Wildman–Crippen MR) is 69.0 cm³/mol. The quantitative estimate of drug-likeness (QED) is 0.727. The molecule has 0 saturated carbocycles. The lowest BCUT2D eigenvalue weighted by atomic mass is 10.0. The van der Waals surface area contributed by atoms with Crippen molar-refractivity contribution in [1.82, 2.24) is 30.2 Å². The Bertz CT molecular complexity index is 701. The standard InChI is InChI=1S/C12H13N7/c1-19-17-11(16-18-19)7-9(13)8-3-2-4-10-12(8)15-6-5-14-10/h2-6,9H,7,13H2,1H3. The van der Waals surface area contributed by atoms with E-state index >= 15 is 0 Å². The smallest absolute Gasteiger partial charge is 0.176 e. The molecule has 0 fully saturated rings. The zero-order valence-corrected chi connectivity index (χ0v) is 10.4. The molecule has 2 aromatic heterocycles. The Morgan fingerprint density at radius 1 is 1.26 bits per heavy atom. The lowest BCUT2D eigenvalue weighted by molar-refractivity contribution is 0.623. The van der Waals surface area contributed by atoms with E-state index in [-0.39, 0.29) is 6.04 Å². The highest BCUT2D eigenvalue weighted by molar-refractivity contribution is 5.78. The topological polar surface area (TPSA) is 95.4 Å². The molecule has 3 rings (SSSR count). The van der Waals surface area contributed by atoms with Gasteiger partial charge in [-0.15, -0.1) is 10.2 Å². The molecule has 0 aliphatic heterocycles. The largest absolute Gasteiger partial charge is 0.324 e. The Balaban J connectivity index is 1.95. The van der Waals surface area contributed by atoms with Crippen molar-refractivity contribution in [3.8, 4) is 0 Å². The molecule has 0 radical (unpaired) electrons. The van der Waals surface area contributed by atoms with Gasteiger partial charge in [0.25, 0.3) is 0 Å². The molecule has 1 aromatic carbocycles. The number of rotatable bonds is 3. The fourth-order valence-electron chi connectivity index (χ4n) is 2.03. The maximum absolute atomic E-state index is 6.22. The second kappa shape index (κ2) is 4.69. The molecule has 0 aliphatic carbocycles. The van der Waals surface area contributed by atoms with Crippen LogP contribution in [-0.2, 0) is 13.5 Å². The van der Waals surface area contributed by atoms with E-state index in [9.17, 15) is 0 Å². The molecular formula is C12H13N7. The Hall–Kier alpha value is -2.41. The van der Waals surface area contributed by atoms with Crippen LogP contribution in [0.25, 0.3) is 11.0 Å². The van der Waals surface area contributed by atoms with E-state index in [0.717, 1.165) is 16.6 Å². The van der Waals surface area contributed by atoms with E-state index in [4.69, 9.17) is 5.73 Å². The molecule has 0 aliphatic rings. The predicted octanol–water partition coefficient (Wildman–Crippen LogP) is 0.396. The number of aryl methyl sites for hydroxylation is 1. The molecular weight excluding hydrogens is 242 g/mol. The zero-order chi connectivity index (χ0) is 13.2. The normalized spacial score (nSPS) is 12.7. The second-order valence-corrected chi connectivity index (χ2v) is 4.28. The van der Waals surface area contributed by atoms with Crippen LogP contribution in [0.3, 0.4) is 0 Å². The minimum Gasteiger partial charge on any atom is -0.324 e. The molecule has 2 heterocycles. The Morgan fingerprint density at radius 2 is 2.11 bits per heavy atom. The van der Waals surface area contributed by atoms with Crippen LogP contribution < -0.4 is 5.73 Å². The molecule has 19 heavy (non-hydrogen) atoms. The van der Waals surface area contributed by atoms with Gasteiger partial charge < -0.3 is 5.73 Å². The Morgan fingerprint density at radius 3 is 2.89 bits per heavy atom. The van der Waals surface area contributed by atoms with Gasteiger partial charge in [-0.25, -0.2) is 0 Å². The lowest BCUT2D eigenvalue weighted by Crippen LogP contribution is -2.15. The van der Waals surface area contributed by atoms with Gasteiger partial charge in [-0.3, -0.25) is 9.97 Å². The highest BCUT2D eigenvalue weighted by Gasteiger charge is 2.14. The maximum Gasteiger partial charge on any atom is 0.176 e. The average Bonchev–Trinajstić information content (AvgIpc) is 2.83. The summed E-state index contributed by atoms with van der Waals surface area (Å²) >= 11 is 0. The van der Waals surface area contributed by atoms with Crippen LogP contribution >= 0.6 is 0 Å². The summed E-state index contributed by atoms with van der Waals surface area (Å²) in [6.07, 6.45) is 3.85. The van der Waals surface area contributed by atoms with Crippen molar-refractivity contribution in [2.45, 2.75) is 12.5 Å². The van der Waals surface area contributed by atoms with Crippen molar-refractivity contribution in [3.05, 3.63) is 42.0 Å². The first-order chi connectivity index (χ1) is 9.24. The number of fused-ring (bicyclic) bond motifs is 1. The van der Waals surface area contributed by atoms with Gasteiger partial charge in [0.1, 0.15) is 0 Å². The zero-order valence-electron chi connectivity index (χ0n) is 10.4. The fourth-order valence-corrected chi connectivity index (χ4v) is 2.03. The van der Waals surface area contributed by atoms with E-state index in [0.29, 0.717) is 12.2 Å². The van der Waals surface area contributed by atoms with Crippen LogP contribution in [0.2, 0.25) is 0 Å². The molecule has 1 unspecified atom stereocenters. The van der Waals surface area contributed by atoms with Crippen LogP contribution in [0, 0.1) is 0 Å². The summed E-state index contributed by atoms with van der Waals surface area (Å²) < 4.78 is 0. The third kappa shape index (κ3) is 2.27. The maximum atomic E-state index is 6.22. The van der Waals surface area contributed by atoms with Gasteiger partial charge in [0, 0.05) is 24.9 Å². The number of hydrogen-bond donors (Lipinski definition) is 1. The average molecular weight is 255 g/mol. The number of benzene rings is 1. The van der Waals surface area contributed by atoms with E-state index < -0.39 is 0 Å². The summed E-state index contributed by atoms with van der Waals surface area (Å²) in [6, 6.07) is 5.57. The second-order valence-electron chi connectivity index (χ2n) is 4.28. The fraction of sp³-hybridized carbons (Fsp3) is 0.250. The molecule has 7 nitrogen and oxygen atoms in total. The highest BCUT2D eigenvalue weighted by atomic mass is 15.6. The Kier molecular flexibility index (Phi) is 2.88. The van der Waals surface area contributed by atoms with Crippen molar-refractivity contribution in [1.29, 1.82) is 0 Å². The van der Waals surface area contributed by atoms with Crippen LogP contribution in [0.4, 0.5) is 0 Å². The monoisotopic (exact) mass is 255 g/mol. The number of nitrogens with zero attached hydrogens (tertiary/aromatic N) is 6. The van der Waals surface area contributed by atoms with Gasteiger partial charge in [0.15, 0.2) is 5.82 Å². The number of tetrazole rings is 1. The molecule has 96 valence electrons. The summed E-state index contributed by atoms with van der Waals surface area (Å²) in [5.74, 6) is 0.621. The number of para-hydroxylation sites is 1. The summed E-state index contributed by atoms with van der Waals surface area (Å²) in [5, 5.41) is 11.9. The van der Waals surface area contributed by atoms with Crippen molar-refractivity contribution in [3.63, 3.8) is 0 Å². The first-order valence-electron chi connectivity index (χ1n) is 5.92. The molecule has 0 bridgehead atoms. The van der Waals surface area contributed by atoms with Gasteiger partial charge in [0.2, 0.25) is 0 Å². The summed E-state index contributed by atoms with van der Waals surface area (Å²) in [5.41, 5.74) is 8.82. The van der Waals surface area contributed by atoms with Crippen molar-refractivity contribution >= 4 is 11.0 Å². The summed E-state index contributed by atoms with van der Waals surface area (Å²) in [4.78, 5) is 10.0. The van der Waals surface area contributed by atoms with Gasteiger partial charge in [-0.1, -0.05) is 12.1 Å². The number of nitrogens with two attached hydrogens (primary N) is 1. The molecule has 7 heteroatoms. The molecule has 2 N–H and O–H groups in total. The van der Waals surface area contributed by atoms with E-state index in [1.807, 2.05) is 18.2 Å². The van der Waals surface area contributed by atoms with E-state index in [1.54, 1.807) is 19.4 Å². The van der Waals surface area contributed by atoms with Gasteiger partial charge in [0.05, 0.1) is 18.1 Å². The van der Waals surface area contributed by atoms with Crippen LogP contribution in [-0.4, -0.2) is 30.2 Å². The number of hydrogen-bond acceptors (Lipinski definition) is 6. The highest BCUT2D eigenvalue weighted by Crippen LogP contribution is 2.21. The summed E-state index contributed by atoms with van der Waals surface area (Å²) in [7, 11) is 1.73. The van der Waals surface area contributed by atoms with Crippen molar-refractivity contribution in [2.24, 2.45) is 12.8 Å². The third-order valence-electron chi connectivity index (χ3n) is 2.88. The Labute approximate surface area is 109 Å². The van der Waals surface area contributed by atoms with Crippen molar-refractivity contribution < 1.29 is 0 Å². The van der Waals surface area contributed by atoms with E-state index in [2.05, 4.69) is 25.4 Å². The molecule has 3 aromatic rings. The van der Waals surface area contributed by atoms with Crippen molar-refractivity contribution in [2.75, 3.05) is 0 Å². The van der Waals surface area contributed by atoms with Gasteiger partial charge >= 0.3 is 0 Å². The molecule has 0 amide bonds. The van der Waals surface area contributed by atoms with Gasteiger partial charge in [-0.2, -0.15) is 4.80 Å². The van der Waals surface area contributed by atoms with Crippen LogP contribution in [0.5, 0.6) is 0 Å². The number of aromatic nitrogens is 6. The van der Waals surface area contributed by atoms with Gasteiger partial charge in [-0.05, 0) is 16.8 Å². The molecule has 0 spiro atoms. The SMILES string of the molecule is Cn1nnc(CC(N)c2cccc3nccnc23)n1. The molecule has 0 saturated heterocycles.